The Morgan fingerprint density at radius 1 is 1.03 bits per heavy atom. The van der Waals surface area contributed by atoms with Gasteiger partial charge in [0, 0.05) is 74.7 Å². The summed E-state index contributed by atoms with van der Waals surface area (Å²) >= 11 is 0. The van der Waals surface area contributed by atoms with E-state index in [2.05, 4.69) is 54.3 Å². The van der Waals surface area contributed by atoms with Gasteiger partial charge in [-0.15, -0.1) is 0 Å². The minimum absolute atomic E-state index is 0.0103. The van der Waals surface area contributed by atoms with Crippen LogP contribution in [-0.4, -0.2) is 118 Å². The summed E-state index contributed by atoms with van der Waals surface area (Å²) in [6.45, 7) is 12.8. The fraction of sp³-hybridized carbons (Fsp3) is 0.547. The van der Waals surface area contributed by atoms with E-state index < -0.39 is 41.3 Å². The monoisotopic (exact) mass is 932 g/mol. The number of likely N-dealkylation sites (N-methyl/N-ethyl adjacent to an activating group) is 2. The van der Waals surface area contributed by atoms with E-state index in [-0.39, 0.29) is 61.6 Å². The van der Waals surface area contributed by atoms with Gasteiger partial charge in [-0.05, 0) is 129 Å². The normalized spacial score (nSPS) is 23.3. The molecule has 2 aliphatic carbocycles. The van der Waals surface area contributed by atoms with Crippen molar-refractivity contribution in [3.8, 4) is 28.1 Å². The van der Waals surface area contributed by atoms with E-state index in [1.54, 1.807) is 39.5 Å². The lowest BCUT2D eigenvalue weighted by molar-refractivity contribution is -0.155. The molecule has 0 spiro atoms. The predicted octanol–water partition coefficient (Wildman–Crippen LogP) is 6.44. The van der Waals surface area contributed by atoms with Crippen LogP contribution in [-0.2, 0) is 52.8 Å². The van der Waals surface area contributed by atoms with E-state index in [4.69, 9.17) is 14.5 Å². The molecule has 4 amide bonds. The summed E-state index contributed by atoms with van der Waals surface area (Å²) < 4.78 is 14.2. The molecule has 0 radical (unpaired) electrons. The van der Waals surface area contributed by atoms with E-state index >= 15 is 0 Å². The van der Waals surface area contributed by atoms with E-state index in [0.717, 1.165) is 57.4 Å². The first-order chi connectivity index (χ1) is 32.4. The molecule has 6 bridgehead atoms. The van der Waals surface area contributed by atoms with Crippen molar-refractivity contribution in [1.82, 2.24) is 35.1 Å². The van der Waals surface area contributed by atoms with Gasteiger partial charge in [-0.1, -0.05) is 39.8 Å². The third kappa shape index (κ3) is 10.0. The van der Waals surface area contributed by atoms with Crippen LogP contribution in [0.2, 0.25) is 0 Å². The Morgan fingerprint density at radius 2 is 1.78 bits per heavy atom. The summed E-state index contributed by atoms with van der Waals surface area (Å²) in [4.78, 5) is 78.0. The van der Waals surface area contributed by atoms with Gasteiger partial charge in [-0.25, -0.2) is 5.43 Å². The Labute approximate surface area is 399 Å². The zero-order chi connectivity index (χ0) is 48.8. The Morgan fingerprint density at radius 3 is 2.49 bits per heavy atom. The van der Waals surface area contributed by atoms with E-state index in [1.807, 2.05) is 39.0 Å². The molecule has 4 heterocycles. The molecule has 4 aliphatic rings. The van der Waals surface area contributed by atoms with Gasteiger partial charge in [0.2, 0.25) is 17.7 Å². The van der Waals surface area contributed by atoms with Crippen LogP contribution in [0.5, 0.6) is 5.75 Å². The molecule has 364 valence electrons. The van der Waals surface area contributed by atoms with Crippen LogP contribution < -0.4 is 10.7 Å². The highest BCUT2D eigenvalue weighted by atomic mass is 16.5. The van der Waals surface area contributed by atoms with Crippen LogP contribution in [0.1, 0.15) is 96.6 Å². The summed E-state index contributed by atoms with van der Waals surface area (Å²) in [6.07, 6.45) is 5.89. The van der Waals surface area contributed by atoms with Gasteiger partial charge in [0.05, 0.1) is 30.6 Å². The number of phenols is 1. The average molecular weight is 932 g/mol. The number of methoxy groups -OCH3 is 1. The number of carbonyl (C=O) groups excluding carboxylic acids is 5. The number of carbonyl (C=O) groups is 5. The number of fused-ring (bicyclic) bond motifs is 7. The van der Waals surface area contributed by atoms with Crippen LogP contribution in [0, 0.1) is 29.1 Å². The van der Waals surface area contributed by atoms with Gasteiger partial charge in [-0.2, -0.15) is 0 Å². The highest BCUT2D eigenvalue weighted by Gasteiger charge is 2.49. The lowest BCUT2D eigenvalue weighted by Crippen LogP contribution is -2.62. The fourth-order valence-electron chi connectivity index (χ4n) is 11.0. The van der Waals surface area contributed by atoms with E-state index in [9.17, 15) is 29.1 Å². The standard InChI is InChI=1S/C53H69N7O8/c1-10-59-44-16-15-33-26-40(44)41(48(59)39-13-11-17-54-46(39)31(4)67-9)27-53(5,6)29-68-52(66)42-14-12-18-60(56-42)51(65)43(21-32-19-34(33)25-38(61)20-32)55-49(63)47(30(2)3)58(8)45(62)28-57(7)50(64)37-23-35-22-36(35)24-37/h11,13,15-17,19-20,25-26,30-31,35-37,42-43,47,56,61H,10,12,14,18,21-24,27-29H2,1-9H3,(H,55,63)/t31-,35-,36+,37?,42-,43-,47?/m0/s1. The van der Waals surface area contributed by atoms with Gasteiger partial charge in [-0.3, -0.25) is 34.0 Å². The maximum absolute atomic E-state index is 14.7. The molecule has 3 fully saturated rings. The van der Waals surface area contributed by atoms with Crippen LogP contribution >= 0.6 is 0 Å². The molecule has 8 rings (SSSR count). The first-order valence-electron chi connectivity index (χ1n) is 24.4. The Bertz CT molecular complexity index is 2580. The van der Waals surface area contributed by atoms with Crippen molar-refractivity contribution >= 4 is 40.5 Å². The molecule has 7 atom stereocenters. The summed E-state index contributed by atoms with van der Waals surface area (Å²) in [6, 6.07) is 12.5. The Kier molecular flexibility index (Phi) is 14.1. The first-order valence-corrected chi connectivity index (χ1v) is 24.4. The van der Waals surface area contributed by atoms with Crippen molar-refractivity contribution in [2.24, 2.45) is 29.1 Å². The highest BCUT2D eigenvalue weighted by molar-refractivity contribution is 5.96. The summed E-state index contributed by atoms with van der Waals surface area (Å²) in [7, 11) is 4.87. The second-order valence-corrected chi connectivity index (χ2v) is 20.8. The number of hydrazine groups is 1. The number of aromatic nitrogens is 2. The average Bonchev–Trinajstić information content (AvgIpc) is 3.80. The second kappa shape index (κ2) is 19.7. The van der Waals surface area contributed by atoms with Gasteiger partial charge in [0.25, 0.3) is 5.91 Å². The smallest absolute Gasteiger partial charge is 0.324 e. The van der Waals surface area contributed by atoms with Crippen molar-refractivity contribution in [3.63, 3.8) is 0 Å². The number of aromatic hydroxyl groups is 1. The quantitative estimate of drug-likeness (QED) is 0.142. The SMILES string of the molecule is CCn1c(-c2cccnc2[C@H](C)OC)c2c3cc(ccc31)-c1cc(O)cc(c1)C[C@H](NC(=O)C(C(C)C)N(C)C(=O)CN(C)C(=O)C1C[C@@H]3C[C@@H]3C1)C(=O)N1CCC[C@H](N1)C(=O)OCC(C)(C)C2. The Hall–Kier alpha value is -5.80. The van der Waals surface area contributed by atoms with Crippen molar-refractivity contribution in [2.45, 2.75) is 117 Å². The lowest BCUT2D eigenvalue weighted by Gasteiger charge is -2.37. The molecule has 1 saturated heterocycles. The van der Waals surface area contributed by atoms with Gasteiger partial charge < -0.3 is 34.3 Å². The number of cyclic esters (lactones) is 1. The third-order valence-corrected chi connectivity index (χ3v) is 14.7. The number of ether oxygens (including phenoxy) is 2. The van der Waals surface area contributed by atoms with Gasteiger partial charge in [0.1, 0.15) is 23.9 Å². The molecule has 2 unspecified atom stereocenters. The minimum Gasteiger partial charge on any atom is -0.508 e. The number of nitrogens with zero attached hydrogens (tertiary/aromatic N) is 5. The summed E-state index contributed by atoms with van der Waals surface area (Å²) in [5.74, 6) is -1.13. The van der Waals surface area contributed by atoms with Crippen molar-refractivity contribution in [2.75, 3.05) is 40.9 Å². The number of amides is 4. The van der Waals surface area contributed by atoms with Crippen molar-refractivity contribution in [3.05, 3.63) is 71.5 Å². The van der Waals surface area contributed by atoms with Crippen LogP contribution in [0.4, 0.5) is 0 Å². The zero-order valence-electron chi connectivity index (χ0n) is 41.1. The fourth-order valence-corrected chi connectivity index (χ4v) is 11.0. The van der Waals surface area contributed by atoms with Crippen LogP contribution in [0.3, 0.4) is 0 Å². The molecule has 2 saturated carbocycles. The number of benzene rings is 2. The largest absolute Gasteiger partial charge is 0.508 e. The first kappa shape index (κ1) is 48.6. The topological polar surface area (TPSA) is 176 Å². The number of esters is 1. The second-order valence-electron chi connectivity index (χ2n) is 20.8. The van der Waals surface area contributed by atoms with Crippen LogP contribution in [0.15, 0.2) is 54.7 Å². The number of phenolic OH excluding ortho intramolecular Hbond substituents is 1. The maximum atomic E-state index is 14.7. The molecule has 15 heteroatoms. The molecule has 2 aromatic carbocycles. The van der Waals surface area contributed by atoms with Gasteiger partial charge in [0.15, 0.2) is 0 Å². The highest BCUT2D eigenvalue weighted by Crippen LogP contribution is 2.54. The van der Waals surface area contributed by atoms with Crippen LogP contribution in [0.25, 0.3) is 33.3 Å². The maximum Gasteiger partial charge on any atom is 0.324 e. The van der Waals surface area contributed by atoms with Gasteiger partial charge >= 0.3 is 5.97 Å². The predicted molar refractivity (Wildman–Crippen MR) is 259 cm³/mol. The number of hydrogen-bond acceptors (Lipinski definition) is 10. The molecule has 15 nitrogen and oxygen atoms in total. The number of aryl methyl sites for hydroxylation is 1. The molecular formula is C53H69N7O8. The molecular weight excluding hydrogens is 863 g/mol. The number of rotatable bonds is 11. The van der Waals surface area contributed by atoms with E-state index in [1.165, 1.54) is 21.2 Å². The molecule has 2 aromatic heterocycles. The summed E-state index contributed by atoms with van der Waals surface area (Å²) in [5.41, 5.74) is 9.55. The Balaban J connectivity index is 1.16. The molecule has 3 N–H and O–H groups in total. The lowest BCUT2D eigenvalue weighted by atomic mass is 9.84. The van der Waals surface area contributed by atoms with Crippen molar-refractivity contribution in [1.29, 1.82) is 0 Å². The van der Waals surface area contributed by atoms with E-state index in [0.29, 0.717) is 43.2 Å². The van der Waals surface area contributed by atoms with Crippen molar-refractivity contribution < 1.29 is 38.6 Å². The third-order valence-electron chi connectivity index (χ3n) is 14.7. The number of hydrogen-bond donors (Lipinski definition) is 3. The molecule has 68 heavy (non-hydrogen) atoms. The summed E-state index contributed by atoms with van der Waals surface area (Å²) in [5, 5.41) is 16.7. The number of nitrogens with one attached hydrogen (secondary N) is 2. The zero-order valence-corrected chi connectivity index (χ0v) is 41.1. The number of pyridine rings is 1. The molecule has 2 aliphatic heterocycles. The minimum atomic E-state index is -1.17. The molecule has 4 aromatic rings.